The molecule has 7 nitrogen and oxygen atoms in total. The second-order valence-corrected chi connectivity index (χ2v) is 4.08. The first-order valence-corrected chi connectivity index (χ1v) is 5.72. The molecule has 3 rings (SSSR count). The number of nitrogens with zero attached hydrogens (tertiary/aromatic N) is 7. The molecule has 2 aromatic rings. The molecule has 8 heteroatoms. The van der Waals surface area contributed by atoms with Crippen molar-refractivity contribution in [2.45, 2.75) is 12.8 Å². The van der Waals surface area contributed by atoms with Crippen LogP contribution in [0.1, 0.15) is 12.8 Å². The summed E-state index contributed by atoms with van der Waals surface area (Å²) in [6.45, 7) is 1.91. The van der Waals surface area contributed by atoms with Gasteiger partial charge < -0.3 is 4.90 Å². The first kappa shape index (κ1) is 10.4. The van der Waals surface area contributed by atoms with Crippen LogP contribution in [0.3, 0.4) is 0 Å². The van der Waals surface area contributed by atoms with Crippen molar-refractivity contribution in [1.29, 1.82) is 0 Å². The lowest BCUT2D eigenvalue weighted by Gasteiger charge is -2.15. The van der Waals surface area contributed by atoms with E-state index in [2.05, 4.69) is 29.9 Å². The van der Waals surface area contributed by atoms with Crippen LogP contribution in [-0.4, -0.2) is 42.8 Å². The maximum absolute atomic E-state index is 5.89. The standard InChI is InChI=1S/C9H10ClN7/c10-7-13-8(16-3-1-2-4-16)15-9(14-7)17-6-11-5-12-17/h5-6H,1-4H2. The lowest BCUT2D eigenvalue weighted by Crippen LogP contribution is -2.21. The molecule has 0 N–H and O–H groups in total. The molecule has 0 bridgehead atoms. The van der Waals surface area contributed by atoms with Gasteiger partial charge in [-0.05, 0) is 24.4 Å². The molecule has 1 fully saturated rings. The summed E-state index contributed by atoms with van der Waals surface area (Å²) in [6, 6.07) is 0. The topological polar surface area (TPSA) is 72.6 Å². The molecule has 0 aromatic carbocycles. The van der Waals surface area contributed by atoms with Crippen LogP contribution < -0.4 is 4.90 Å². The normalized spacial score (nSPS) is 15.5. The molecule has 0 spiro atoms. The van der Waals surface area contributed by atoms with Gasteiger partial charge in [-0.15, -0.1) is 0 Å². The van der Waals surface area contributed by atoms with Gasteiger partial charge in [0.2, 0.25) is 11.2 Å². The maximum Gasteiger partial charge on any atom is 0.258 e. The van der Waals surface area contributed by atoms with Crippen molar-refractivity contribution in [3.8, 4) is 5.95 Å². The molecule has 0 radical (unpaired) electrons. The molecular weight excluding hydrogens is 242 g/mol. The van der Waals surface area contributed by atoms with Crippen LogP contribution in [0.15, 0.2) is 12.7 Å². The van der Waals surface area contributed by atoms with Crippen molar-refractivity contribution in [1.82, 2.24) is 29.7 Å². The van der Waals surface area contributed by atoms with Crippen LogP contribution in [0.5, 0.6) is 0 Å². The van der Waals surface area contributed by atoms with Crippen molar-refractivity contribution in [2.24, 2.45) is 0 Å². The zero-order valence-electron chi connectivity index (χ0n) is 8.99. The lowest BCUT2D eigenvalue weighted by atomic mass is 10.4. The number of aromatic nitrogens is 6. The second-order valence-electron chi connectivity index (χ2n) is 3.74. The van der Waals surface area contributed by atoms with Gasteiger partial charge in [-0.2, -0.15) is 24.7 Å². The third-order valence-electron chi connectivity index (χ3n) is 2.60. The van der Waals surface area contributed by atoms with E-state index in [1.54, 1.807) is 0 Å². The first-order chi connectivity index (χ1) is 8.33. The van der Waals surface area contributed by atoms with Gasteiger partial charge in [0, 0.05) is 13.1 Å². The number of hydrogen-bond donors (Lipinski definition) is 0. The molecule has 1 aliphatic rings. The largest absolute Gasteiger partial charge is 0.341 e. The number of halogens is 1. The molecule has 0 saturated carbocycles. The van der Waals surface area contributed by atoms with Crippen molar-refractivity contribution >= 4 is 17.5 Å². The average Bonchev–Trinajstić information content (AvgIpc) is 3.02. The van der Waals surface area contributed by atoms with Gasteiger partial charge in [-0.1, -0.05) is 0 Å². The number of anilines is 1. The first-order valence-electron chi connectivity index (χ1n) is 5.34. The van der Waals surface area contributed by atoms with Gasteiger partial charge in [0.25, 0.3) is 5.95 Å². The Morgan fingerprint density at radius 1 is 1.06 bits per heavy atom. The fourth-order valence-electron chi connectivity index (χ4n) is 1.80. The monoisotopic (exact) mass is 251 g/mol. The van der Waals surface area contributed by atoms with E-state index < -0.39 is 0 Å². The van der Waals surface area contributed by atoms with Crippen LogP contribution in [0.25, 0.3) is 5.95 Å². The summed E-state index contributed by atoms with van der Waals surface area (Å²) in [4.78, 5) is 18.4. The molecule has 0 amide bonds. The van der Waals surface area contributed by atoms with E-state index in [1.807, 2.05) is 0 Å². The highest BCUT2D eigenvalue weighted by atomic mass is 35.5. The van der Waals surface area contributed by atoms with Crippen LogP contribution >= 0.6 is 11.6 Å². The molecule has 3 heterocycles. The fraction of sp³-hybridized carbons (Fsp3) is 0.444. The number of rotatable bonds is 2. The van der Waals surface area contributed by atoms with Crippen LogP contribution in [0.4, 0.5) is 5.95 Å². The predicted molar refractivity (Wildman–Crippen MR) is 61.2 cm³/mol. The Morgan fingerprint density at radius 3 is 2.53 bits per heavy atom. The summed E-state index contributed by atoms with van der Waals surface area (Å²) in [5.41, 5.74) is 0. The Kier molecular flexibility index (Phi) is 2.60. The smallest absolute Gasteiger partial charge is 0.258 e. The average molecular weight is 252 g/mol. The third kappa shape index (κ3) is 2.05. The van der Waals surface area contributed by atoms with Crippen LogP contribution in [0.2, 0.25) is 5.28 Å². The molecular formula is C9H10ClN7. The Labute approximate surface area is 102 Å². The summed E-state index contributed by atoms with van der Waals surface area (Å²) >= 11 is 5.89. The van der Waals surface area contributed by atoms with E-state index >= 15 is 0 Å². The van der Waals surface area contributed by atoms with E-state index in [-0.39, 0.29) is 5.28 Å². The Balaban J connectivity index is 2.00. The summed E-state index contributed by atoms with van der Waals surface area (Å²) in [7, 11) is 0. The van der Waals surface area contributed by atoms with E-state index in [1.165, 1.54) is 17.3 Å². The maximum atomic E-state index is 5.89. The highest BCUT2D eigenvalue weighted by Gasteiger charge is 2.17. The predicted octanol–water partition coefficient (Wildman–Crippen LogP) is 0.706. The zero-order valence-corrected chi connectivity index (χ0v) is 9.75. The quantitative estimate of drug-likeness (QED) is 0.783. The molecule has 17 heavy (non-hydrogen) atoms. The van der Waals surface area contributed by atoms with Crippen LogP contribution in [0, 0.1) is 0 Å². The van der Waals surface area contributed by atoms with E-state index in [0.29, 0.717) is 11.9 Å². The zero-order chi connectivity index (χ0) is 11.7. The SMILES string of the molecule is Clc1nc(N2CCCC2)nc(-n2cncn2)n1. The molecule has 0 aliphatic carbocycles. The lowest BCUT2D eigenvalue weighted by molar-refractivity contribution is 0.777. The van der Waals surface area contributed by atoms with Crippen molar-refractivity contribution < 1.29 is 0 Å². The Bertz CT molecular complexity index is 506. The van der Waals surface area contributed by atoms with E-state index in [0.717, 1.165) is 25.9 Å². The minimum absolute atomic E-state index is 0.174. The van der Waals surface area contributed by atoms with Crippen molar-refractivity contribution in [3.05, 3.63) is 17.9 Å². The molecule has 0 atom stereocenters. The fourth-order valence-corrected chi connectivity index (χ4v) is 1.95. The van der Waals surface area contributed by atoms with Crippen molar-refractivity contribution in [2.75, 3.05) is 18.0 Å². The summed E-state index contributed by atoms with van der Waals surface area (Å²) in [6.07, 6.45) is 5.26. The molecule has 0 unspecified atom stereocenters. The highest BCUT2D eigenvalue weighted by molar-refractivity contribution is 6.28. The van der Waals surface area contributed by atoms with E-state index in [4.69, 9.17) is 11.6 Å². The summed E-state index contributed by atoms with van der Waals surface area (Å²) in [5.74, 6) is 0.998. The van der Waals surface area contributed by atoms with Gasteiger partial charge in [0.15, 0.2) is 0 Å². The Hall–Kier alpha value is -1.76. The van der Waals surface area contributed by atoms with E-state index in [9.17, 15) is 0 Å². The van der Waals surface area contributed by atoms with Gasteiger partial charge >= 0.3 is 0 Å². The third-order valence-corrected chi connectivity index (χ3v) is 2.77. The summed E-state index contributed by atoms with van der Waals surface area (Å²) in [5, 5.41) is 4.14. The second kappa shape index (κ2) is 4.25. The molecule has 88 valence electrons. The minimum atomic E-state index is 0.174. The minimum Gasteiger partial charge on any atom is -0.341 e. The van der Waals surface area contributed by atoms with Gasteiger partial charge in [0.1, 0.15) is 12.7 Å². The molecule has 2 aromatic heterocycles. The van der Waals surface area contributed by atoms with Gasteiger partial charge in [-0.3, -0.25) is 0 Å². The summed E-state index contributed by atoms with van der Waals surface area (Å²) < 4.78 is 1.47. The number of hydrogen-bond acceptors (Lipinski definition) is 6. The van der Waals surface area contributed by atoms with Crippen LogP contribution in [-0.2, 0) is 0 Å². The van der Waals surface area contributed by atoms with Gasteiger partial charge in [-0.25, -0.2) is 4.98 Å². The Morgan fingerprint density at radius 2 is 1.82 bits per heavy atom. The van der Waals surface area contributed by atoms with Gasteiger partial charge in [0.05, 0.1) is 0 Å². The molecule has 1 saturated heterocycles. The highest BCUT2D eigenvalue weighted by Crippen LogP contribution is 2.17. The van der Waals surface area contributed by atoms with Crippen molar-refractivity contribution in [3.63, 3.8) is 0 Å². The molecule has 1 aliphatic heterocycles.